The molecule has 5 nitrogen and oxygen atoms in total. The van der Waals surface area contributed by atoms with Gasteiger partial charge in [0.1, 0.15) is 17.5 Å². The van der Waals surface area contributed by atoms with Crippen LogP contribution in [0, 0.1) is 23.4 Å². The largest absolute Gasteiger partial charge is 0.297 e. The van der Waals surface area contributed by atoms with E-state index >= 15 is 0 Å². The van der Waals surface area contributed by atoms with Crippen molar-refractivity contribution < 1.29 is 21.6 Å². The summed E-state index contributed by atoms with van der Waals surface area (Å²) in [5, 5.41) is 2.70. The number of benzene rings is 3. The summed E-state index contributed by atoms with van der Waals surface area (Å²) in [6.45, 7) is 1.96. The van der Waals surface area contributed by atoms with E-state index in [0.29, 0.717) is 19.6 Å². The van der Waals surface area contributed by atoms with Gasteiger partial charge in [-0.15, -0.1) is 12.4 Å². The lowest BCUT2D eigenvalue weighted by Crippen LogP contribution is -2.48. The highest BCUT2D eigenvalue weighted by Gasteiger charge is 2.32. The van der Waals surface area contributed by atoms with E-state index in [1.165, 1.54) is 59.5 Å². The van der Waals surface area contributed by atoms with Gasteiger partial charge in [0.15, 0.2) is 9.84 Å². The molecule has 0 amide bonds. The summed E-state index contributed by atoms with van der Waals surface area (Å²) in [6, 6.07) is 14.3. The summed E-state index contributed by atoms with van der Waals surface area (Å²) in [4.78, 5) is 2.28. The minimum atomic E-state index is -3.41. The second kappa shape index (κ2) is 12.6. The number of likely N-dealkylation sites (tertiary alicyclic amines) is 1. The molecule has 206 valence electrons. The van der Waals surface area contributed by atoms with Crippen molar-refractivity contribution in [3.05, 3.63) is 89.5 Å². The van der Waals surface area contributed by atoms with Gasteiger partial charge in [-0.05, 0) is 89.6 Å². The maximum absolute atomic E-state index is 13.2. The maximum atomic E-state index is 13.2. The fraction of sp³-hybridized carbons (Fsp3) is 0.231. The summed E-state index contributed by atoms with van der Waals surface area (Å²) in [5.74, 6) is -0.824. The van der Waals surface area contributed by atoms with Crippen molar-refractivity contribution in [1.29, 1.82) is 0 Å². The molecular formula is C26H22BrClF3N3O2S3. The lowest BCUT2D eigenvalue weighted by molar-refractivity contribution is 0.106. The molecule has 0 radical (unpaired) electrons. The Labute approximate surface area is 246 Å². The number of hydrogen-bond donors (Lipinski definition) is 0. The molecule has 0 N–H and O–H groups in total. The number of nitrogens with zero attached hydrogens (tertiary/aromatic N) is 3. The number of fused-ring (bicyclic) bond motifs is 2. The van der Waals surface area contributed by atoms with Crippen LogP contribution in [0.15, 0.2) is 65.6 Å². The van der Waals surface area contributed by atoms with E-state index in [9.17, 15) is 21.6 Å². The maximum Gasteiger partial charge on any atom is 0.178 e. The molecule has 0 atom stereocenters. The molecule has 1 saturated heterocycles. The van der Waals surface area contributed by atoms with Crippen molar-refractivity contribution in [2.75, 3.05) is 18.8 Å². The van der Waals surface area contributed by atoms with Crippen molar-refractivity contribution in [2.24, 2.45) is 5.92 Å². The predicted molar refractivity (Wildman–Crippen MR) is 156 cm³/mol. The molecule has 0 unspecified atom stereocenters. The number of sulfone groups is 1. The lowest BCUT2D eigenvalue weighted by Gasteiger charge is -2.38. The van der Waals surface area contributed by atoms with Crippen molar-refractivity contribution in [3.63, 3.8) is 0 Å². The Balaban J connectivity index is 0.000000228. The number of halogens is 5. The summed E-state index contributed by atoms with van der Waals surface area (Å²) in [6.07, 6.45) is 0. The van der Waals surface area contributed by atoms with Crippen LogP contribution in [0.3, 0.4) is 0 Å². The fourth-order valence-electron chi connectivity index (χ4n) is 4.31. The summed E-state index contributed by atoms with van der Waals surface area (Å²) in [5.41, 5.74) is 1.87. The summed E-state index contributed by atoms with van der Waals surface area (Å²) < 4.78 is 74.0. The predicted octanol–water partition coefficient (Wildman–Crippen LogP) is 7.23. The minimum absolute atomic E-state index is 0. The van der Waals surface area contributed by atoms with E-state index in [1.54, 1.807) is 12.1 Å². The molecule has 3 heterocycles. The molecule has 39 heavy (non-hydrogen) atoms. The normalized spacial score (nSPS) is 14.1. The molecule has 3 aromatic carbocycles. The average Bonchev–Trinajstić information content (AvgIpc) is 3.46. The first-order valence-electron chi connectivity index (χ1n) is 11.6. The van der Waals surface area contributed by atoms with Gasteiger partial charge in [0, 0.05) is 35.7 Å². The van der Waals surface area contributed by atoms with Gasteiger partial charge < -0.3 is 0 Å². The highest BCUT2D eigenvalue weighted by molar-refractivity contribution is 9.08. The molecule has 0 spiro atoms. The molecule has 1 aliphatic heterocycles. The monoisotopic (exact) mass is 675 g/mol. The number of aromatic nitrogens is 2. The molecule has 6 rings (SSSR count). The highest BCUT2D eigenvalue weighted by Crippen LogP contribution is 2.28. The van der Waals surface area contributed by atoms with Gasteiger partial charge in [-0.3, -0.25) is 4.90 Å². The van der Waals surface area contributed by atoms with Crippen LogP contribution >= 0.6 is 51.4 Å². The molecule has 0 bridgehead atoms. The van der Waals surface area contributed by atoms with Gasteiger partial charge in [0.2, 0.25) is 0 Å². The third-order valence-corrected chi connectivity index (χ3v) is 10.3. The second-order valence-electron chi connectivity index (χ2n) is 8.97. The van der Waals surface area contributed by atoms with E-state index < -0.39 is 15.7 Å². The van der Waals surface area contributed by atoms with Crippen LogP contribution in [0.5, 0.6) is 0 Å². The Morgan fingerprint density at radius 3 is 1.90 bits per heavy atom. The van der Waals surface area contributed by atoms with Crippen LogP contribution in [-0.2, 0) is 21.7 Å². The first-order chi connectivity index (χ1) is 18.2. The van der Waals surface area contributed by atoms with E-state index in [-0.39, 0.29) is 40.6 Å². The number of alkyl halides is 1. The fourth-order valence-corrected chi connectivity index (χ4v) is 8.11. The second-order valence-corrected chi connectivity index (χ2v) is 13.2. The zero-order valence-corrected chi connectivity index (χ0v) is 25.0. The average molecular weight is 677 g/mol. The first kappa shape index (κ1) is 29.9. The smallest absolute Gasteiger partial charge is 0.178 e. The standard InChI is InChI=1S/C18H16F2N2O2S2.C8H5BrFNS.ClH/c19-13-1-4-15(5-2-13)26(23,24)11-12-8-22(9-12)10-17-16-6-3-14(20)7-18(16)25-21-17;9-4-7-6-2-1-5(10)3-8(6)12-11-7;/h1-7,12H,8-11H2;1-3H,4H2;1H. The van der Waals surface area contributed by atoms with Crippen LogP contribution in [0.1, 0.15) is 11.4 Å². The Morgan fingerprint density at radius 1 is 0.821 bits per heavy atom. The SMILES string of the molecule is Cl.Fc1ccc2c(CBr)nsc2c1.O=S(=O)(CC1CN(Cc2nsc3cc(F)ccc23)C1)c1ccc(F)cc1. The Hall–Kier alpha value is -2.09. The third kappa shape index (κ3) is 6.98. The zero-order valence-electron chi connectivity index (χ0n) is 20.2. The number of hydrogen-bond acceptors (Lipinski definition) is 7. The Morgan fingerprint density at radius 2 is 1.33 bits per heavy atom. The van der Waals surface area contributed by atoms with E-state index in [2.05, 4.69) is 29.6 Å². The quantitative estimate of drug-likeness (QED) is 0.140. The van der Waals surface area contributed by atoms with Gasteiger partial charge in [-0.25, -0.2) is 21.6 Å². The van der Waals surface area contributed by atoms with Gasteiger partial charge in [-0.1, -0.05) is 15.9 Å². The van der Waals surface area contributed by atoms with Gasteiger partial charge in [0.05, 0.1) is 31.4 Å². The minimum Gasteiger partial charge on any atom is -0.297 e. The van der Waals surface area contributed by atoms with Crippen LogP contribution in [-0.4, -0.2) is 40.9 Å². The van der Waals surface area contributed by atoms with E-state index in [1.807, 2.05) is 0 Å². The molecule has 5 aromatic rings. The van der Waals surface area contributed by atoms with Crippen molar-refractivity contribution in [1.82, 2.24) is 13.6 Å². The van der Waals surface area contributed by atoms with Crippen molar-refractivity contribution in [2.45, 2.75) is 16.8 Å². The van der Waals surface area contributed by atoms with Crippen LogP contribution < -0.4 is 0 Å². The van der Waals surface area contributed by atoms with Crippen molar-refractivity contribution in [3.8, 4) is 0 Å². The Kier molecular flexibility index (Phi) is 9.66. The molecule has 1 fully saturated rings. The van der Waals surface area contributed by atoms with Crippen LogP contribution in [0.4, 0.5) is 13.2 Å². The molecular weight excluding hydrogens is 655 g/mol. The third-order valence-electron chi connectivity index (χ3n) is 6.18. The van der Waals surface area contributed by atoms with Gasteiger partial charge in [-0.2, -0.15) is 8.75 Å². The van der Waals surface area contributed by atoms with E-state index in [0.717, 1.165) is 49.0 Å². The molecule has 0 saturated carbocycles. The van der Waals surface area contributed by atoms with Crippen LogP contribution in [0.2, 0.25) is 0 Å². The highest BCUT2D eigenvalue weighted by atomic mass is 79.9. The first-order valence-corrected chi connectivity index (χ1v) is 15.9. The molecule has 0 aliphatic carbocycles. The summed E-state index contributed by atoms with van der Waals surface area (Å²) >= 11 is 5.93. The van der Waals surface area contributed by atoms with E-state index in [4.69, 9.17) is 0 Å². The van der Waals surface area contributed by atoms with Gasteiger partial charge in [0.25, 0.3) is 0 Å². The van der Waals surface area contributed by atoms with Crippen molar-refractivity contribution >= 4 is 81.4 Å². The topological polar surface area (TPSA) is 63.2 Å². The number of rotatable bonds is 6. The summed E-state index contributed by atoms with van der Waals surface area (Å²) in [7, 11) is -3.41. The molecule has 1 aliphatic rings. The lowest BCUT2D eigenvalue weighted by atomic mass is 10.0. The molecule has 13 heteroatoms. The zero-order chi connectivity index (χ0) is 26.9. The van der Waals surface area contributed by atoms with Gasteiger partial charge >= 0.3 is 0 Å². The van der Waals surface area contributed by atoms with Crippen LogP contribution in [0.25, 0.3) is 20.2 Å². The molecule has 2 aromatic heterocycles. The Bertz CT molecular complexity index is 1690.